The number of nitrogens with one attached hydrogen (secondary N) is 2. The Balaban J connectivity index is 1.65. The summed E-state index contributed by atoms with van der Waals surface area (Å²) in [6.45, 7) is 6.58. The molecule has 2 heterocycles. The van der Waals surface area contributed by atoms with Crippen LogP contribution in [0.25, 0.3) is 0 Å². The molecule has 0 saturated carbocycles. The Hall–Kier alpha value is -2.61. The Morgan fingerprint density at radius 3 is 2.58 bits per heavy atom. The van der Waals surface area contributed by atoms with Crippen LogP contribution < -0.4 is 15.4 Å². The van der Waals surface area contributed by atoms with Crippen molar-refractivity contribution < 1.29 is 14.3 Å². The van der Waals surface area contributed by atoms with E-state index in [0.29, 0.717) is 17.4 Å². The third-order valence-corrected chi connectivity index (χ3v) is 4.69. The van der Waals surface area contributed by atoms with Gasteiger partial charge < -0.3 is 19.9 Å². The van der Waals surface area contributed by atoms with Crippen LogP contribution in [0.5, 0.6) is 5.75 Å². The van der Waals surface area contributed by atoms with Crippen LogP contribution in [-0.4, -0.2) is 73.4 Å². The summed E-state index contributed by atoms with van der Waals surface area (Å²) in [4.78, 5) is 33.5. The fourth-order valence-electron chi connectivity index (χ4n) is 3.06. The van der Waals surface area contributed by atoms with Crippen molar-refractivity contribution in [2.75, 3.05) is 45.2 Å². The Morgan fingerprint density at radius 1 is 1.27 bits per heavy atom. The zero-order valence-corrected chi connectivity index (χ0v) is 15.2. The van der Waals surface area contributed by atoms with Gasteiger partial charge in [0.25, 0.3) is 0 Å². The number of piperazine rings is 1. The van der Waals surface area contributed by atoms with E-state index in [1.807, 2.05) is 4.90 Å². The zero-order chi connectivity index (χ0) is 18.5. The molecule has 0 spiro atoms. The number of hydrogen-bond acceptors (Lipinski definition) is 6. The highest BCUT2D eigenvalue weighted by molar-refractivity contribution is 6.05. The minimum absolute atomic E-state index is 0.0560. The molecular formula is C18H25N5O3. The van der Waals surface area contributed by atoms with Gasteiger partial charge in [0.2, 0.25) is 17.8 Å². The van der Waals surface area contributed by atoms with Crippen molar-refractivity contribution in [1.82, 2.24) is 15.1 Å². The number of anilines is 1. The molecule has 2 aliphatic rings. The van der Waals surface area contributed by atoms with Crippen molar-refractivity contribution in [1.29, 1.82) is 0 Å². The maximum absolute atomic E-state index is 12.5. The maximum Gasteiger partial charge on any atom is 0.249 e. The van der Waals surface area contributed by atoms with Gasteiger partial charge in [-0.25, -0.2) is 4.99 Å². The van der Waals surface area contributed by atoms with Gasteiger partial charge >= 0.3 is 0 Å². The van der Waals surface area contributed by atoms with E-state index in [2.05, 4.69) is 27.4 Å². The maximum atomic E-state index is 12.5. The number of likely N-dealkylation sites (N-methyl/N-ethyl adjacent to an activating group) is 1. The second-order valence-corrected chi connectivity index (χ2v) is 6.36. The van der Waals surface area contributed by atoms with Gasteiger partial charge in [-0.05, 0) is 30.8 Å². The zero-order valence-electron chi connectivity index (χ0n) is 15.2. The molecule has 0 aromatic heterocycles. The Kier molecular flexibility index (Phi) is 5.72. The molecule has 0 aliphatic carbocycles. The van der Waals surface area contributed by atoms with Crippen LogP contribution in [0, 0.1) is 0 Å². The monoisotopic (exact) mass is 359 g/mol. The molecule has 8 heteroatoms. The van der Waals surface area contributed by atoms with Crippen molar-refractivity contribution in [3.63, 3.8) is 0 Å². The third-order valence-electron chi connectivity index (χ3n) is 4.69. The number of benzene rings is 1. The van der Waals surface area contributed by atoms with Gasteiger partial charge in [-0.15, -0.1) is 0 Å². The van der Waals surface area contributed by atoms with E-state index < -0.39 is 6.04 Å². The summed E-state index contributed by atoms with van der Waals surface area (Å²) in [5, 5.41) is 5.62. The molecule has 1 saturated heterocycles. The van der Waals surface area contributed by atoms with Gasteiger partial charge in [0.05, 0.1) is 13.5 Å². The SMILES string of the molecule is CCN1CCN(C2=NC(C(=O)Nc3ccc(OC)cc3)CC(=O)N2)CC1. The van der Waals surface area contributed by atoms with E-state index in [9.17, 15) is 9.59 Å². The molecule has 2 aliphatic heterocycles. The summed E-state index contributed by atoms with van der Waals surface area (Å²) in [6, 6.07) is 6.34. The van der Waals surface area contributed by atoms with Gasteiger partial charge in [-0.1, -0.05) is 6.92 Å². The largest absolute Gasteiger partial charge is 0.497 e. The van der Waals surface area contributed by atoms with E-state index in [1.54, 1.807) is 31.4 Å². The van der Waals surface area contributed by atoms with Crippen LogP contribution in [0.15, 0.2) is 29.3 Å². The molecule has 0 radical (unpaired) electrons. The van der Waals surface area contributed by atoms with Gasteiger partial charge in [0.1, 0.15) is 11.8 Å². The fraction of sp³-hybridized carbons (Fsp3) is 0.500. The van der Waals surface area contributed by atoms with Gasteiger partial charge in [-0.2, -0.15) is 0 Å². The second kappa shape index (κ2) is 8.18. The molecule has 2 amide bonds. The van der Waals surface area contributed by atoms with Crippen molar-refractivity contribution in [2.24, 2.45) is 4.99 Å². The number of aliphatic imine (C=N–C) groups is 1. The lowest BCUT2D eigenvalue weighted by Gasteiger charge is -2.37. The summed E-state index contributed by atoms with van der Waals surface area (Å²) < 4.78 is 5.10. The molecule has 1 unspecified atom stereocenters. The van der Waals surface area contributed by atoms with Crippen molar-refractivity contribution in [3.05, 3.63) is 24.3 Å². The minimum Gasteiger partial charge on any atom is -0.497 e. The number of guanidine groups is 1. The number of rotatable bonds is 4. The summed E-state index contributed by atoms with van der Waals surface area (Å²) >= 11 is 0. The molecule has 1 fully saturated rings. The van der Waals surface area contributed by atoms with E-state index in [0.717, 1.165) is 32.7 Å². The molecular weight excluding hydrogens is 334 g/mol. The van der Waals surface area contributed by atoms with E-state index >= 15 is 0 Å². The first-order valence-electron chi connectivity index (χ1n) is 8.89. The Morgan fingerprint density at radius 2 is 1.96 bits per heavy atom. The van der Waals surface area contributed by atoms with Crippen LogP contribution in [0.2, 0.25) is 0 Å². The lowest BCUT2D eigenvalue weighted by molar-refractivity contribution is -0.125. The molecule has 1 aromatic rings. The highest BCUT2D eigenvalue weighted by Crippen LogP contribution is 2.17. The molecule has 26 heavy (non-hydrogen) atoms. The van der Waals surface area contributed by atoms with Gasteiger partial charge in [0.15, 0.2) is 0 Å². The quantitative estimate of drug-likeness (QED) is 0.818. The van der Waals surface area contributed by atoms with Crippen LogP contribution in [0.4, 0.5) is 5.69 Å². The summed E-state index contributed by atoms with van der Waals surface area (Å²) in [5.41, 5.74) is 0.648. The predicted molar refractivity (Wildman–Crippen MR) is 99.3 cm³/mol. The number of ether oxygens (including phenoxy) is 1. The number of carbonyl (C=O) groups is 2. The van der Waals surface area contributed by atoms with Crippen molar-refractivity contribution >= 4 is 23.5 Å². The summed E-state index contributed by atoms with van der Waals surface area (Å²) in [6.07, 6.45) is 0.0560. The molecule has 140 valence electrons. The van der Waals surface area contributed by atoms with Crippen LogP contribution in [-0.2, 0) is 9.59 Å². The molecule has 0 bridgehead atoms. The van der Waals surface area contributed by atoms with Crippen LogP contribution in [0.3, 0.4) is 0 Å². The highest BCUT2D eigenvalue weighted by atomic mass is 16.5. The first kappa shape index (κ1) is 18.2. The number of carbonyl (C=O) groups excluding carboxylic acids is 2. The smallest absolute Gasteiger partial charge is 0.249 e. The number of hydrogen-bond donors (Lipinski definition) is 2. The number of amides is 2. The van der Waals surface area contributed by atoms with Crippen LogP contribution in [0.1, 0.15) is 13.3 Å². The average Bonchev–Trinajstić information content (AvgIpc) is 2.68. The third kappa shape index (κ3) is 4.32. The molecule has 8 nitrogen and oxygen atoms in total. The standard InChI is InChI=1S/C18H25N5O3/c1-3-22-8-10-23(11-9-22)18-20-15(12-16(24)21-18)17(25)19-13-4-6-14(26-2)7-5-13/h4-7,15H,3,8-12H2,1-2H3,(H,19,25)(H,20,21,24). The first-order chi connectivity index (χ1) is 12.6. The van der Waals surface area contributed by atoms with Crippen molar-refractivity contribution in [2.45, 2.75) is 19.4 Å². The van der Waals surface area contributed by atoms with Crippen molar-refractivity contribution in [3.8, 4) is 5.75 Å². The van der Waals surface area contributed by atoms with Gasteiger partial charge in [-0.3, -0.25) is 14.9 Å². The average molecular weight is 359 g/mol. The minimum atomic E-state index is -0.718. The topological polar surface area (TPSA) is 86.3 Å². The molecule has 3 rings (SSSR count). The summed E-state index contributed by atoms with van der Waals surface area (Å²) in [7, 11) is 1.59. The normalized spacial score (nSPS) is 21.0. The van der Waals surface area contributed by atoms with E-state index in [4.69, 9.17) is 4.74 Å². The second-order valence-electron chi connectivity index (χ2n) is 6.36. The van der Waals surface area contributed by atoms with Gasteiger partial charge in [0, 0.05) is 31.9 Å². The van der Waals surface area contributed by atoms with Crippen LogP contribution >= 0.6 is 0 Å². The van der Waals surface area contributed by atoms with E-state index in [1.165, 1.54) is 0 Å². The predicted octanol–water partition coefficient (Wildman–Crippen LogP) is 0.516. The lowest BCUT2D eigenvalue weighted by Crippen LogP contribution is -2.56. The lowest BCUT2D eigenvalue weighted by atomic mass is 10.1. The first-order valence-corrected chi connectivity index (χ1v) is 8.89. The molecule has 1 aromatic carbocycles. The fourth-order valence-corrected chi connectivity index (χ4v) is 3.06. The number of methoxy groups -OCH3 is 1. The molecule has 2 N–H and O–H groups in total. The Bertz CT molecular complexity index is 681. The Labute approximate surface area is 153 Å². The number of nitrogens with zero attached hydrogens (tertiary/aromatic N) is 3. The van der Waals surface area contributed by atoms with E-state index in [-0.39, 0.29) is 18.2 Å². The highest BCUT2D eigenvalue weighted by Gasteiger charge is 2.30. The summed E-state index contributed by atoms with van der Waals surface area (Å²) in [5.74, 6) is 0.760. The molecule has 1 atom stereocenters.